The van der Waals surface area contributed by atoms with Crippen LogP contribution >= 0.6 is 222 Å². The minimum atomic E-state index is -5.63. The normalized spacial score (nSPS) is 12.4. The Bertz CT molecular complexity index is 5790. The molecule has 0 unspecified atom stereocenters. The van der Waals surface area contributed by atoms with Gasteiger partial charge in [-0.15, -0.1) is 0 Å². The second-order valence-electron chi connectivity index (χ2n) is 26.7. The van der Waals surface area contributed by atoms with Gasteiger partial charge in [0, 0.05) is 127 Å². The van der Waals surface area contributed by atoms with Gasteiger partial charge in [0.25, 0.3) is 0 Å². The number of alkyl halides is 10. The Hall–Kier alpha value is -3.02. The standard InChI is InChI=1S/C20H18BrF2O3PS.2C15H12BrClF3O3PS.C15H13BrF3O3PS.C15H13BrF2IO3PS/c1-13-6-8-15(17-5-3-2-4-16(13)17)12-28-11-14-7-9-18(19(21)10-14)20(22,23)27(24,25)26;16-13-5-9(1-4-12(13)15(19,20)24(21,22)23)7-25-8-10-2-3-11(18)6-14(10)17;16-12-6-9(4-5-11(12)15(19,20)24(21,22)23)7-25-8-10-13(17)2-1-3-14(10)18;16-14-7-11(4-5-13(14)15(18,19)23(20,21)22)9-24-8-10-2-1-3-12(17)6-10;16-14-7-11(4-5-13(14)15(17,18)23(20,21)22)9-24-8-10-2-1-3-12(19)6-10/h2-10H,11-12H2,1H3,(H2,24,25,26);2*1-6H,7-8H2,(H2,21,22,23);2*1-7H,8-9H2,(H2,20,21,22). The Labute approximate surface area is 801 Å². The molecule has 0 fully saturated rings. The van der Waals surface area contributed by atoms with Gasteiger partial charge in [0.05, 0.1) is 0 Å². The van der Waals surface area contributed by atoms with E-state index in [1.165, 1.54) is 160 Å². The number of aryl methyl sites for hydroxylation is 1. The van der Waals surface area contributed by atoms with Gasteiger partial charge >= 0.3 is 66.3 Å². The van der Waals surface area contributed by atoms with Crippen LogP contribution in [0.2, 0.25) is 10.0 Å². The van der Waals surface area contributed by atoms with Crippen LogP contribution in [0, 0.1) is 27.9 Å². The van der Waals surface area contributed by atoms with Crippen LogP contribution < -0.4 is 0 Å². The molecule has 15 nitrogen and oxygen atoms in total. The van der Waals surface area contributed by atoms with Gasteiger partial charge in [-0.3, -0.25) is 22.8 Å². The minimum absolute atomic E-state index is 0.0109. The molecule has 11 aromatic rings. The van der Waals surface area contributed by atoms with Gasteiger partial charge < -0.3 is 48.9 Å². The summed E-state index contributed by atoms with van der Waals surface area (Å²) in [5.74, 6) is 4.23. The number of halogens is 21. The first kappa shape index (κ1) is 110. The molecule has 126 heavy (non-hydrogen) atoms. The molecule has 0 atom stereocenters. The van der Waals surface area contributed by atoms with E-state index < -0.39 is 106 Å². The highest BCUT2D eigenvalue weighted by Gasteiger charge is 2.55. The quantitative estimate of drug-likeness (QED) is 0.0114. The summed E-state index contributed by atoms with van der Waals surface area (Å²) in [6.07, 6.45) is 0. The fraction of sp³-hybridized carbons (Fsp3) is 0.200. The monoisotopic (exact) mass is 2420 g/mol. The molecular weight excluding hydrogens is 2360 g/mol. The minimum Gasteiger partial charge on any atom is -0.320 e. The molecule has 0 heterocycles. The molecule has 0 radical (unpaired) electrons. The molecule has 11 aromatic carbocycles. The Balaban J connectivity index is 0.000000216. The van der Waals surface area contributed by atoms with Crippen LogP contribution in [0.1, 0.15) is 89.0 Å². The lowest BCUT2D eigenvalue weighted by molar-refractivity contribution is 0.0557. The van der Waals surface area contributed by atoms with Crippen molar-refractivity contribution in [2.24, 2.45) is 0 Å². The molecule has 0 bridgehead atoms. The van der Waals surface area contributed by atoms with Crippen LogP contribution in [0.3, 0.4) is 0 Å². The predicted octanol–water partition coefficient (Wildman–Crippen LogP) is 29.3. The predicted molar refractivity (Wildman–Crippen MR) is 502 cm³/mol. The largest absolute Gasteiger partial charge is 0.399 e. The third kappa shape index (κ3) is 30.8. The third-order valence-electron chi connectivity index (χ3n) is 17.3. The topological polar surface area (TPSA) is 288 Å². The number of fused-ring (bicyclic) bond motifs is 1. The number of hydrogen-bond donors (Lipinski definition) is 10. The fourth-order valence-corrected chi connectivity index (χ4v) is 23.6. The lowest BCUT2D eigenvalue weighted by Crippen LogP contribution is -2.14. The average Bonchev–Trinajstić information content (AvgIpc) is 0.793. The Morgan fingerprint density at radius 3 is 0.929 bits per heavy atom. The SMILES string of the molecule is Cc1ccc(CSCc2ccc(C(F)(F)P(=O)(O)O)c(Br)c2)c2ccccc12.O=P(O)(O)C(F)(F)c1ccc(CSCc2c(F)cccc2Cl)cc1Br.O=P(O)(O)C(F)(F)c1ccc(CSCc2ccc(F)cc2Cl)cc1Br.O=P(O)(O)C(F)(F)c1ccc(CSCc2cccc(F)c2)cc1Br.O=P(O)(O)C(F)(F)c1ccc(CSCc2cccc(I)c2)cc1Br. The van der Waals surface area contributed by atoms with Crippen molar-refractivity contribution in [2.45, 2.75) is 92.8 Å². The number of thioether (sulfide) groups is 5. The van der Waals surface area contributed by atoms with Gasteiger partial charge in [-0.25, -0.2) is 13.2 Å². The molecule has 0 aliphatic rings. The highest BCUT2D eigenvalue weighted by atomic mass is 127. The zero-order chi connectivity index (χ0) is 94.1. The van der Waals surface area contributed by atoms with Crippen LogP contribution in [0.5, 0.6) is 0 Å². The molecule has 680 valence electrons. The van der Waals surface area contributed by atoms with E-state index >= 15 is 0 Å². The fourth-order valence-electron chi connectivity index (χ4n) is 10.8. The van der Waals surface area contributed by atoms with Gasteiger partial charge in [0.1, 0.15) is 17.5 Å². The zero-order valence-electron chi connectivity index (χ0n) is 64.0. The summed E-state index contributed by atoms with van der Waals surface area (Å²) in [6.45, 7) is 2.08. The van der Waals surface area contributed by atoms with Crippen molar-refractivity contribution in [1.29, 1.82) is 0 Å². The molecule has 0 spiro atoms. The highest BCUT2D eigenvalue weighted by Crippen LogP contribution is 2.65. The van der Waals surface area contributed by atoms with E-state index in [1.54, 1.807) is 47.8 Å². The smallest absolute Gasteiger partial charge is 0.320 e. The van der Waals surface area contributed by atoms with Crippen LogP contribution in [0.15, 0.2) is 235 Å². The second-order valence-corrected chi connectivity index (χ2v) is 46.3. The van der Waals surface area contributed by atoms with Gasteiger partial charge in [0.2, 0.25) is 0 Å². The van der Waals surface area contributed by atoms with Crippen molar-refractivity contribution in [3.05, 3.63) is 355 Å². The molecule has 0 saturated carbocycles. The van der Waals surface area contributed by atoms with Gasteiger partial charge in [-0.2, -0.15) is 103 Å². The van der Waals surface area contributed by atoms with Crippen molar-refractivity contribution in [1.82, 2.24) is 0 Å². The van der Waals surface area contributed by atoms with Gasteiger partial charge in [-0.05, 0) is 175 Å². The highest BCUT2D eigenvalue weighted by molar-refractivity contribution is 14.1. The van der Waals surface area contributed by atoms with E-state index in [0.29, 0.717) is 78.3 Å². The van der Waals surface area contributed by atoms with Crippen molar-refractivity contribution in [3.8, 4) is 0 Å². The van der Waals surface area contributed by atoms with Crippen molar-refractivity contribution in [2.75, 3.05) is 0 Å². The Morgan fingerprint density at radius 1 is 0.310 bits per heavy atom. The van der Waals surface area contributed by atoms with Crippen molar-refractivity contribution in [3.63, 3.8) is 0 Å². The number of benzene rings is 11. The molecule has 0 aliphatic carbocycles. The van der Waals surface area contributed by atoms with Gasteiger partial charge in [-0.1, -0.05) is 236 Å². The van der Waals surface area contributed by atoms with Crippen LogP contribution in [0.4, 0.5) is 57.1 Å². The summed E-state index contributed by atoms with van der Waals surface area (Å²) in [5.41, 5.74) is -15.8. The first-order chi connectivity index (χ1) is 58.4. The summed E-state index contributed by atoms with van der Waals surface area (Å²) in [5, 5.41) is 3.04. The van der Waals surface area contributed by atoms with E-state index in [0.717, 1.165) is 67.7 Å². The summed E-state index contributed by atoms with van der Waals surface area (Å²) < 4.78 is 233. The Kier molecular flexibility index (Phi) is 41.4. The molecule has 0 saturated heterocycles. The number of hydrogen-bond acceptors (Lipinski definition) is 10. The van der Waals surface area contributed by atoms with Crippen LogP contribution in [-0.2, 0) is 109 Å². The van der Waals surface area contributed by atoms with Crippen LogP contribution in [-0.4, -0.2) is 48.9 Å². The average molecular weight is 2430 g/mol. The maximum atomic E-state index is 13.9. The van der Waals surface area contributed by atoms with Crippen molar-refractivity contribution >= 4 is 233 Å². The first-order valence-corrected chi connectivity index (χ1v) is 54.9. The lowest BCUT2D eigenvalue weighted by Gasteiger charge is -2.19. The molecule has 11 rings (SSSR count). The second kappa shape index (κ2) is 47.4. The van der Waals surface area contributed by atoms with E-state index in [1.807, 2.05) is 30.3 Å². The maximum Gasteiger partial charge on any atom is 0.399 e. The maximum absolute atomic E-state index is 13.9. The van der Waals surface area contributed by atoms with Crippen LogP contribution in [0.25, 0.3) is 10.8 Å². The number of rotatable bonds is 30. The van der Waals surface area contributed by atoms with E-state index in [4.69, 9.17) is 72.1 Å². The first-order valence-electron chi connectivity index (χ1n) is 35.2. The molecule has 10 N–H and O–H groups in total. The Morgan fingerprint density at radius 2 is 0.603 bits per heavy atom. The van der Waals surface area contributed by atoms with E-state index in [-0.39, 0.29) is 28.2 Å². The summed E-state index contributed by atoms with van der Waals surface area (Å²) >= 11 is 36.4. The molecular formula is C80H68Br5Cl2F13IO15P5S5. The van der Waals surface area contributed by atoms with Crippen molar-refractivity contribution < 1.29 is 129 Å². The lowest BCUT2D eigenvalue weighted by atomic mass is 10.0. The summed E-state index contributed by atoms with van der Waals surface area (Å²) in [4.78, 5) is 88.2. The molecule has 46 heteroatoms. The summed E-state index contributed by atoms with van der Waals surface area (Å²) in [6, 6.07) is 54.4. The van der Waals surface area contributed by atoms with E-state index in [2.05, 4.69) is 139 Å². The molecule has 0 aromatic heterocycles. The molecule has 0 aliphatic heterocycles. The van der Waals surface area contributed by atoms with Gasteiger partial charge in [0.15, 0.2) is 0 Å². The third-order valence-corrected chi connectivity index (χ3v) is 32.2. The zero-order valence-corrected chi connectivity index (χ0v) is 84.2. The van der Waals surface area contributed by atoms with E-state index in [9.17, 15) is 79.9 Å². The molecule has 0 amide bonds. The summed E-state index contributed by atoms with van der Waals surface area (Å²) in [7, 11) is -28.0.